The summed E-state index contributed by atoms with van der Waals surface area (Å²) in [7, 11) is 0. The number of pyridine rings is 1. The van der Waals surface area contributed by atoms with Crippen molar-refractivity contribution in [2.24, 2.45) is 5.92 Å². The predicted octanol–water partition coefficient (Wildman–Crippen LogP) is 4.66. The van der Waals surface area contributed by atoms with Crippen LogP contribution < -0.4 is 5.32 Å². The summed E-state index contributed by atoms with van der Waals surface area (Å²) in [5, 5.41) is 13.3. The molecule has 1 aromatic carbocycles. The first-order valence-electron chi connectivity index (χ1n) is 8.76. The molecule has 2 unspecified atom stereocenters. The Hall–Kier alpha value is -2.54. The number of aromatic nitrogens is 2. The van der Waals surface area contributed by atoms with Crippen molar-refractivity contribution < 1.29 is 0 Å². The Morgan fingerprint density at radius 3 is 2.83 bits per heavy atom. The first kappa shape index (κ1) is 15.0. The van der Waals surface area contributed by atoms with E-state index in [2.05, 4.69) is 34.8 Å². The molecule has 4 nitrogen and oxygen atoms in total. The SMILES string of the molecule is Cc1cc(NC2CCCCC2C)n2c(nc3ccccc32)c1C#N. The van der Waals surface area contributed by atoms with Gasteiger partial charge >= 0.3 is 0 Å². The summed E-state index contributed by atoms with van der Waals surface area (Å²) in [6.45, 7) is 4.32. The van der Waals surface area contributed by atoms with Crippen molar-refractivity contribution in [3.63, 3.8) is 0 Å². The van der Waals surface area contributed by atoms with Crippen LogP contribution in [0.2, 0.25) is 0 Å². The number of para-hydroxylation sites is 2. The van der Waals surface area contributed by atoms with Gasteiger partial charge in [0, 0.05) is 6.04 Å². The van der Waals surface area contributed by atoms with Gasteiger partial charge in [0.1, 0.15) is 11.9 Å². The predicted molar refractivity (Wildman–Crippen MR) is 97.2 cm³/mol. The lowest BCUT2D eigenvalue weighted by molar-refractivity contribution is 0.349. The summed E-state index contributed by atoms with van der Waals surface area (Å²) in [6.07, 6.45) is 5.09. The molecule has 0 radical (unpaired) electrons. The van der Waals surface area contributed by atoms with E-state index in [1.54, 1.807) is 0 Å². The van der Waals surface area contributed by atoms with Gasteiger partial charge < -0.3 is 5.32 Å². The summed E-state index contributed by atoms with van der Waals surface area (Å²) in [5.74, 6) is 1.72. The Kier molecular flexibility index (Phi) is 3.65. The highest BCUT2D eigenvalue weighted by Crippen LogP contribution is 2.30. The molecule has 2 atom stereocenters. The quantitative estimate of drug-likeness (QED) is 0.747. The Morgan fingerprint density at radius 1 is 1.25 bits per heavy atom. The maximum Gasteiger partial charge on any atom is 0.157 e. The maximum absolute atomic E-state index is 9.57. The Morgan fingerprint density at radius 2 is 2.04 bits per heavy atom. The zero-order valence-electron chi connectivity index (χ0n) is 14.2. The van der Waals surface area contributed by atoms with Crippen LogP contribution in [0.3, 0.4) is 0 Å². The summed E-state index contributed by atoms with van der Waals surface area (Å²) >= 11 is 0. The molecule has 4 rings (SSSR count). The molecule has 1 aliphatic rings. The monoisotopic (exact) mass is 318 g/mol. The first-order valence-corrected chi connectivity index (χ1v) is 8.76. The van der Waals surface area contributed by atoms with E-state index in [0.717, 1.165) is 28.1 Å². The third-order valence-corrected chi connectivity index (χ3v) is 5.33. The number of hydrogen-bond acceptors (Lipinski definition) is 3. The second kappa shape index (κ2) is 5.83. The minimum absolute atomic E-state index is 0.482. The van der Waals surface area contributed by atoms with Crippen molar-refractivity contribution in [2.45, 2.75) is 45.6 Å². The Bertz CT molecular complexity index is 948. The molecule has 2 aromatic heterocycles. The molecule has 1 saturated carbocycles. The average molecular weight is 318 g/mol. The van der Waals surface area contributed by atoms with E-state index in [-0.39, 0.29) is 0 Å². The van der Waals surface area contributed by atoms with Crippen LogP contribution in [0.4, 0.5) is 5.82 Å². The molecule has 0 saturated heterocycles. The summed E-state index contributed by atoms with van der Waals surface area (Å²) < 4.78 is 2.11. The maximum atomic E-state index is 9.57. The van der Waals surface area contributed by atoms with Gasteiger partial charge in [0.05, 0.1) is 16.6 Å². The summed E-state index contributed by atoms with van der Waals surface area (Å²) in [4.78, 5) is 4.72. The van der Waals surface area contributed by atoms with Crippen LogP contribution in [0, 0.1) is 24.2 Å². The van der Waals surface area contributed by atoms with E-state index >= 15 is 0 Å². The normalized spacial score (nSPS) is 21.0. The minimum atomic E-state index is 0.482. The summed E-state index contributed by atoms with van der Waals surface area (Å²) in [5.41, 5.74) is 4.37. The zero-order chi connectivity index (χ0) is 16.7. The highest BCUT2D eigenvalue weighted by Gasteiger charge is 2.23. The Balaban J connectivity index is 1.93. The largest absolute Gasteiger partial charge is 0.368 e. The van der Waals surface area contributed by atoms with Crippen LogP contribution in [0.25, 0.3) is 16.7 Å². The fourth-order valence-electron chi connectivity index (χ4n) is 3.92. The Labute approximate surface area is 142 Å². The van der Waals surface area contributed by atoms with Crippen LogP contribution in [-0.2, 0) is 0 Å². The van der Waals surface area contributed by atoms with E-state index in [4.69, 9.17) is 4.98 Å². The van der Waals surface area contributed by atoms with Crippen molar-refractivity contribution in [2.75, 3.05) is 5.32 Å². The van der Waals surface area contributed by atoms with E-state index in [1.165, 1.54) is 25.7 Å². The molecule has 0 amide bonds. The molecule has 24 heavy (non-hydrogen) atoms. The van der Waals surface area contributed by atoms with Gasteiger partial charge in [0.25, 0.3) is 0 Å². The van der Waals surface area contributed by atoms with Crippen molar-refractivity contribution in [3.05, 3.63) is 41.5 Å². The number of fused-ring (bicyclic) bond motifs is 3. The lowest BCUT2D eigenvalue weighted by Gasteiger charge is -2.30. The number of aryl methyl sites for hydroxylation is 1. The topological polar surface area (TPSA) is 53.1 Å². The van der Waals surface area contributed by atoms with E-state index in [0.29, 0.717) is 17.5 Å². The smallest absolute Gasteiger partial charge is 0.157 e. The molecule has 2 heterocycles. The number of nitriles is 1. The van der Waals surface area contributed by atoms with Gasteiger partial charge in [-0.05, 0) is 49.4 Å². The van der Waals surface area contributed by atoms with Crippen LogP contribution in [0.5, 0.6) is 0 Å². The number of nitrogens with one attached hydrogen (secondary N) is 1. The molecule has 0 aliphatic heterocycles. The highest BCUT2D eigenvalue weighted by atomic mass is 15.1. The summed E-state index contributed by atoms with van der Waals surface area (Å²) in [6, 6.07) is 13.0. The van der Waals surface area contributed by atoms with Gasteiger partial charge in [0.2, 0.25) is 0 Å². The van der Waals surface area contributed by atoms with Crippen LogP contribution in [0.15, 0.2) is 30.3 Å². The van der Waals surface area contributed by atoms with Crippen molar-refractivity contribution >= 4 is 22.5 Å². The lowest BCUT2D eigenvalue weighted by Crippen LogP contribution is -2.31. The number of benzene rings is 1. The van der Waals surface area contributed by atoms with Gasteiger partial charge in [-0.2, -0.15) is 5.26 Å². The first-order chi connectivity index (χ1) is 11.7. The third kappa shape index (κ3) is 2.32. The number of hydrogen-bond donors (Lipinski definition) is 1. The second-order valence-electron chi connectivity index (χ2n) is 6.97. The van der Waals surface area contributed by atoms with Gasteiger partial charge in [-0.15, -0.1) is 0 Å². The number of anilines is 1. The zero-order valence-corrected chi connectivity index (χ0v) is 14.2. The van der Waals surface area contributed by atoms with E-state index in [9.17, 15) is 5.26 Å². The number of imidazole rings is 1. The van der Waals surface area contributed by atoms with Crippen LogP contribution in [-0.4, -0.2) is 15.4 Å². The van der Waals surface area contributed by atoms with Gasteiger partial charge in [-0.3, -0.25) is 4.40 Å². The van der Waals surface area contributed by atoms with Gasteiger partial charge in [-0.25, -0.2) is 4.98 Å². The highest BCUT2D eigenvalue weighted by molar-refractivity contribution is 5.85. The molecule has 0 spiro atoms. The molecule has 1 aliphatic carbocycles. The van der Waals surface area contributed by atoms with Crippen molar-refractivity contribution in [1.29, 1.82) is 5.26 Å². The number of nitrogens with zero attached hydrogens (tertiary/aromatic N) is 3. The second-order valence-corrected chi connectivity index (χ2v) is 6.97. The molecular formula is C20H22N4. The van der Waals surface area contributed by atoms with Crippen molar-refractivity contribution in [1.82, 2.24) is 9.38 Å². The fraction of sp³-hybridized carbons (Fsp3) is 0.400. The van der Waals surface area contributed by atoms with Crippen LogP contribution in [0.1, 0.15) is 43.7 Å². The van der Waals surface area contributed by atoms with Gasteiger partial charge in [-0.1, -0.05) is 31.9 Å². The third-order valence-electron chi connectivity index (χ3n) is 5.33. The lowest BCUT2D eigenvalue weighted by atomic mass is 9.86. The van der Waals surface area contributed by atoms with E-state index in [1.807, 2.05) is 25.1 Å². The minimum Gasteiger partial charge on any atom is -0.368 e. The molecule has 4 heteroatoms. The molecule has 122 valence electrons. The molecule has 1 N–H and O–H groups in total. The standard InChI is InChI=1S/C20H22N4/c1-13-7-3-4-8-16(13)22-19-11-14(2)15(12-21)20-23-17-9-5-6-10-18(17)24(19)20/h5-6,9-11,13,16,22H,3-4,7-8H2,1-2H3. The molecule has 0 bridgehead atoms. The average Bonchev–Trinajstić information content (AvgIpc) is 2.96. The number of rotatable bonds is 2. The molecular weight excluding hydrogens is 296 g/mol. The molecule has 1 fully saturated rings. The van der Waals surface area contributed by atoms with Gasteiger partial charge in [0.15, 0.2) is 5.65 Å². The molecule has 3 aromatic rings. The van der Waals surface area contributed by atoms with Crippen molar-refractivity contribution in [3.8, 4) is 6.07 Å². The van der Waals surface area contributed by atoms with Crippen LogP contribution >= 0.6 is 0 Å². The fourth-order valence-corrected chi connectivity index (χ4v) is 3.92. The van der Waals surface area contributed by atoms with E-state index < -0.39 is 0 Å².